The third-order valence-electron chi connectivity index (χ3n) is 6.37. The number of hydrogen-bond donors (Lipinski definition) is 1. The second-order valence-electron chi connectivity index (χ2n) is 8.12. The molecule has 2 aliphatic rings. The Bertz CT molecular complexity index is 876. The zero-order valence-electron chi connectivity index (χ0n) is 16.2. The first-order valence-corrected chi connectivity index (χ1v) is 10.1. The molecule has 0 bridgehead atoms. The van der Waals surface area contributed by atoms with Gasteiger partial charge in [-0.05, 0) is 47.4 Å². The van der Waals surface area contributed by atoms with Crippen molar-refractivity contribution in [2.75, 3.05) is 6.61 Å². The number of ether oxygens (including phenoxy) is 1. The van der Waals surface area contributed by atoms with Crippen LogP contribution in [0.1, 0.15) is 51.5 Å². The smallest absolute Gasteiger partial charge is 0.244 e. The first-order valence-electron chi connectivity index (χ1n) is 10.1. The zero-order valence-corrected chi connectivity index (χ0v) is 16.2. The molecule has 4 heteroatoms. The minimum Gasteiger partial charge on any atom is -0.493 e. The number of amides is 1. The van der Waals surface area contributed by atoms with E-state index in [-0.39, 0.29) is 17.2 Å². The van der Waals surface area contributed by atoms with Gasteiger partial charge in [0.1, 0.15) is 5.75 Å². The number of nitrogens with zero attached hydrogens (tertiary/aromatic N) is 1. The minimum absolute atomic E-state index is 0.0666. The van der Waals surface area contributed by atoms with Gasteiger partial charge >= 0.3 is 0 Å². The van der Waals surface area contributed by atoms with Crippen LogP contribution in [0, 0.1) is 17.3 Å². The Morgan fingerprint density at radius 3 is 2.93 bits per heavy atom. The summed E-state index contributed by atoms with van der Waals surface area (Å²) >= 11 is 0. The molecule has 4 nitrogen and oxygen atoms in total. The average Bonchev–Trinajstić information content (AvgIpc) is 3.32. The fourth-order valence-electron chi connectivity index (χ4n) is 4.83. The average molecular weight is 364 g/mol. The molecule has 0 saturated heterocycles. The van der Waals surface area contributed by atoms with Crippen molar-refractivity contribution < 1.29 is 9.53 Å². The van der Waals surface area contributed by atoms with Gasteiger partial charge in [0.15, 0.2) is 0 Å². The van der Waals surface area contributed by atoms with E-state index in [2.05, 4.69) is 42.6 Å². The molecular weight excluding hydrogens is 336 g/mol. The first kappa shape index (κ1) is 18.0. The highest BCUT2D eigenvalue weighted by molar-refractivity contribution is 6.02. The lowest BCUT2D eigenvalue weighted by molar-refractivity contribution is -0.123. The van der Waals surface area contributed by atoms with Crippen LogP contribution < -0.4 is 10.2 Å². The van der Waals surface area contributed by atoms with Crippen molar-refractivity contribution in [1.29, 1.82) is 0 Å². The number of nitrogens with one attached hydrogen (secondary N) is 1. The van der Waals surface area contributed by atoms with Crippen molar-refractivity contribution in [3.63, 3.8) is 0 Å². The van der Waals surface area contributed by atoms with Gasteiger partial charge in [0, 0.05) is 11.5 Å². The molecule has 0 unspecified atom stereocenters. The number of rotatable bonds is 6. The van der Waals surface area contributed by atoms with Crippen LogP contribution in [0.2, 0.25) is 0 Å². The van der Waals surface area contributed by atoms with Crippen molar-refractivity contribution in [2.24, 2.45) is 22.4 Å². The summed E-state index contributed by atoms with van der Waals surface area (Å²) in [4.78, 5) is 12.6. The summed E-state index contributed by atoms with van der Waals surface area (Å²) in [6.07, 6.45) is 7.52. The van der Waals surface area contributed by atoms with E-state index in [9.17, 15) is 4.79 Å². The van der Waals surface area contributed by atoms with Crippen LogP contribution in [0.4, 0.5) is 0 Å². The number of hydrazone groups is 1. The number of carbonyl (C=O) groups is 1. The molecule has 2 fully saturated rings. The number of hydrogen-bond acceptors (Lipinski definition) is 3. The molecule has 2 aliphatic carbocycles. The van der Waals surface area contributed by atoms with Gasteiger partial charge in [-0.1, -0.05) is 57.0 Å². The Kier molecular flexibility index (Phi) is 4.90. The van der Waals surface area contributed by atoms with Gasteiger partial charge in [-0.2, -0.15) is 5.10 Å². The normalized spacial score (nSPS) is 26.7. The molecule has 0 radical (unpaired) electrons. The van der Waals surface area contributed by atoms with Gasteiger partial charge in [-0.25, -0.2) is 5.43 Å². The Hall–Kier alpha value is -2.36. The standard InChI is InChI=1S/C23H28N2O2/c1-3-14-27-20-12-11-16-8-4-5-9-17(16)18(20)15-24-25-22(26)21-19-10-6-7-13-23(19,21)2/h4-5,8-9,11-12,15,19,21H,3,6-7,10,13-14H2,1-2H3,(H,25,26)/b24-15-/t19-,21+,23-/m1/s1. The number of carbonyl (C=O) groups excluding carboxylic acids is 1. The topological polar surface area (TPSA) is 50.7 Å². The molecule has 1 N–H and O–H groups in total. The predicted octanol–water partition coefficient (Wildman–Crippen LogP) is 4.91. The Balaban J connectivity index is 1.53. The molecule has 3 atom stereocenters. The molecule has 0 heterocycles. The molecular formula is C23H28N2O2. The minimum atomic E-state index is 0.0666. The second kappa shape index (κ2) is 7.34. The summed E-state index contributed by atoms with van der Waals surface area (Å²) in [5.74, 6) is 1.54. The van der Waals surface area contributed by atoms with Crippen molar-refractivity contribution in [3.8, 4) is 5.75 Å². The van der Waals surface area contributed by atoms with Crippen molar-refractivity contribution in [2.45, 2.75) is 46.0 Å². The number of benzene rings is 2. The molecule has 4 rings (SSSR count). The lowest BCUT2D eigenvalue weighted by atomic mass is 9.90. The predicted molar refractivity (Wildman–Crippen MR) is 109 cm³/mol. The lowest BCUT2D eigenvalue weighted by Crippen LogP contribution is -2.22. The van der Waals surface area contributed by atoms with Crippen LogP contribution in [0.3, 0.4) is 0 Å². The number of fused-ring (bicyclic) bond motifs is 2. The monoisotopic (exact) mass is 364 g/mol. The van der Waals surface area contributed by atoms with Crippen molar-refractivity contribution in [3.05, 3.63) is 42.0 Å². The van der Waals surface area contributed by atoms with Crippen molar-refractivity contribution >= 4 is 22.9 Å². The molecule has 0 aromatic heterocycles. The van der Waals surface area contributed by atoms with E-state index < -0.39 is 0 Å². The van der Waals surface area contributed by atoms with E-state index in [1.807, 2.05) is 18.2 Å². The van der Waals surface area contributed by atoms with E-state index in [4.69, 9.17) is 4.74 Å². The van der Waals surface area contributed by atoms with E-state index in [1.54, 1.807) is 6.21 Å². The van der Waals surface area contributed by atoms with Gasteiger partial charge < -0.3 is 4.74 Å². The highest BCUT2D eigenvalue weighted by Crippen LogP contribution is 2.66. The van der Waals surface area contributed by atoms with Crippen LogP contribution >= 0.6 is 0 Å². The summed E-state index contributed by atoms with van der Waals surface area (Å²) in [5, 5.41) is 6.52. The molecule has 142 valence electrons. The van der Waals surface area contributed by atoms with Gasteiger partial charge in [-0.15, -0.1) is 0 Å². The first-order chi connectivity index (χ1) is 13.1. The molecule has 2 aromatic carbocycles. The Labute approximate surface area is 161 Å². The molecule has 0 spiro atoms. The van der Waals surface area contributed by atoms with Gasteiger partial charge in [0.2, 0.25) is 5.91 Å². The van der Waals surface area contributed by atoms with Crippen LogP contribution in [0.15, 0.2) is 41.5 Å². The largest absolute Gasteiger partial charge is 0.493 e. The van der Waals surface area contributed by atoms with Crippen LogP contribution in [0.25, 0.3) is 10.8 Å². The fraction of sp³-hybridized carbons (Fsp3) is 0.478. The second-order valence-corrected chi connectivity index (χ2v) is 8.12. The molecule has 2 saturated carbocycles. The maximum Gasteiger partial charge on any atom is 0.244 e. The van der Waals surface area contributed by atoms with Gasteiger partial charge in [0.05, 0.1) is 12.8 Å². The quantitative estimate of drug-likeness (QED) is 0.585. The fourth-order valence-corrected chi connectivity index (χ4v) is 4.83. The van der Waals surface area contributed by atoms with Gasteiger partial charge in [0.25, 0.3) is 0 Å². The SMILES string of the molecule is CCCOc1ccc2ccccc2c1/C=N\NC(=O)[C@@H]1[C@H]2CCCC[C@]21C. The summed E-state index contributed by atoms with van der Waals surface area (Å²) in [6, 6.07) is 12.2. The van der Waals surface area contributed by atoms with E-state index in [0.29, 0.717) is 12.5 Å². The summed E-state index contributed by atoms with van der Waals surface area (Å²) in [5.41, 5.74) is 3.92. The molecule has 0 aliphatic heterocycles. The highest BCUT2D eigenvalue weighted by atomic mass is 16.5. The van der Waals surface area contributed by atoms with Crippen LogP contribution in [0.5, 0.6) is 5.75 Å². The van der Waals surface area contributed by atoms with Crippen molar-refractivity contribution in [1.82, 2.24) is 5.43 Å². The maximum absolute atomic E-state index is 12.6. The summed E-state index contributed by atoms with van der Waals surface area (Å²) < 4.78 is 5.90. The van der Waals surface area contributed by atoms with Crippen LogP contribution in [-0.2, 0) is 4.79 Å². The van der Waals surface area contributed by atoms with E-state index in [0.717, 1.165) is 34.9 Å². The Morgan fingerprint density at radius 1 is 1.30 bits per heavy atom. The molecule has 2 aromatic rings. The van der Waals surface area contributed by atoms with E-state index in [1.165, 1.54) is 19.3 Å². The Morgan fingerprint density at radius 2 is 2.15 bits per heavy atom. The lowest BCUT2D eigenvalue weighted by Gasteiger charge is -2.15. The van der Waals surface area contributed by atoms with Gasteiger partial charge in [-0.3, -0.25) is 4.79 Å². The maximum atomic E-state index is 12.6. The summed E-state index contributed by atoms with van der Waals surface area (Å²) in [7, 11) is 0. The third kappa shape index (κ3) is 3.33. The van der Waals surface area contributed by atoms with E-state index >= 15 is 0 Å². The third-order valence-corrected chi connectivity index (χ3v) is 6.37. The van der Waals surface area contributed by atoms with Crippen LogP contribution in [-0.4, -0.2) is 18.7 Å². The summed E-state index contributed by atoms with van der Waals surface area (Å²) in [6.45, 7) is 5.00. The highest BCUT2D eigenvalue weighted by Gasteiger charge is 2.64. The zero-order chi connectivity index (χ0) is 18.9. The molecule has 1 amide bonds. The molecule has 27 heavy (non-hydrogen) atoms.